The fourth-order valence-electron chi connectivity index (χ4n) is 6.36. The molecule has 0 aromatic rings. The molecule has 4 nitrogen and oxygen atoms in total. The lowest BCUT2D eigenvalue weighted by Gasteiger charge is -2.61. The summed E-state index contributed by atoms with van der Waals surface area (Å²) in [4.78, 5) is 28.4. The molecule has 4 saturated carbocycles. The summed E-state index contributed by atoms with van der Waals surface area (Å²) in [6, 6.07) is 0. The Morgan fingerprint density at radius 3 is 2.20 bits per heavy atom. The largest absolute Gasteiger partial charge is 0.394 e. The third-order valence-corrected chi connectivity index (χ3v) is 7.04. The van der Waals surface area contributed by atoms with Crippen molar-refractivity contribution in [3.05, 3.63) is 0 Å². The predicted molar refractivity (Wildman–Crippen MR) is 84.2 cm³/mol. The molecular weight excluding hydrogens is 333 g/mol. The van der Waals surface area contributed by atoms with E-state index in [2.05, 4.69) is 0 Å². The molecule has 7 heteroatoms. The molecule has 0 aromatic heterocycles. The maximum Gasteiger partial charge on any atom is 0.394 e. The van der Waals surface area contributed by atoms with Crippen LogP contribution in [0.3, 0.4) is 0 Å². The van der Waals surface area contributed by atoms with E-state index in [0.717, 1.165) is 6.42 Å². The van der Waals surface area contributed by atoms with Gasteiger partial charge >= 0.3 is 6.18 Å². The Bertz CT molecular complexity index is 590. The summed E-state index contributed by atoms with van der Waals surface area (Å²) in [5.41, 5.74) is -2.52. The third-order valence-electron chi connectivity index (χ3n) is 7.04. The van der Waals surface area contributed by atoms with E-state index in [-0.39, 0.29) is 49.6 Å². The number of carbonyl (C=O) groups excluding carboxylic acids is 2. The van der Waals surface area contributed by atoms with E-state index in [4.69, 9.17) is 0 Å². The Morgan fingerprint density at radius 2 is 1.64 bits per heavy atom. The van der Waals surface area contributed by atoms with Gasteiger partial charge in [0.2, 0.25) is 11.8 Å². The summed E-state index contributed by atoms with van der Waals surface area (Å²) < 4.78 is 41.5. The second-order valence-corrected chi connectivity index (χ2v) is 8.74. The molecule has 140 valence electrons. The molecule has 1 heterocycles. The van der Waals surface area contributed by atoms with Gasteiger partial charge in [0.05, 0.1) is 17.5 Å². The lowest BCUT2D eigenvalue weighted by atomic mass is 9.43. The number of hydrogen-bond donors (Lipinski definition) is 0. The minimum atomic E-state index is -4.23. The van der Waals surface area contributed by atoms with E-state index in [0.29, 0.717) is 32.4 Å². The number of hydrogen-bond acceptors (Lipinski definition) is 2. The van der Waals surface area contributed by atoms with Gasteiger partial charge in [0, 0.05) is 19.5 Å². The molecule has 5 aliphatic rings. The highest BCUT2D eigenvalue weighted by molar-refractivity contribution is 5.85. The lowest BCUT2D eigenvalue weighted by molar-refractivity contribution is -0.284. The van der Waals surface area contributed by atoms with E-state index in [9.17, 15) is 22.8 Å². The van der Waals surface area contributed by atoms with Crippen LogP contribution < -0.4 is 0 Å². The first kappa shape index (κ1) is 17.2. The first-order valence-electron chi connectivity index (χ1n) is 9.32. The average molecular weight is 358 g/mol. The molecule has 4 bridgehead atoms. The van der Waals surface area contributed by atoms with E-state index >= 15 is 0 Å². The van der Waals surface area contributed by atoms with E-state index in [1.165, 1.54) is 0 Å². The second kappa shape index (κ2) is 5.36. The maximum atomic E-state index is 13.8. The Balaban J connectivity index is 1.58. The first-order valence-corrected chi connectivity index (χ1v) is 9.32. The van der Waals surface area contributed by atoms with Gasteiger partial charge in [-0.05, 0) is 50.4 Å². The SMILES string of the molecule is CCC(=O)N1CCN(C(=O)C23CC4CC(C2)CC(C(F)(F)F)(C4)C3)C1. The minimum absolute atomic E-state index is 0.00688. The van der Waals surface area contributed by atoms with Crippen LogP contribution in [0.15, 0.2) is 0 Å². The quantitative estimate of drug-likeness (QED) is 0.761. The van der Waals surface area contributed by atoms with Crippen LogP contribution >= 0.6 is 0 Å². The van der Waals surface area contributed by atoms with Crippen molar-refractivity contribution in [3.8, 4) is 0 Å². The van der Waals surface area contributed by atoms with Crippen molar-refractivity contribution >= 4 is 11.8 Å². The fraction of sp³-hybridized carbons (Fsp3) is 0.889. The number of alkyl halides is 3. The summed E-state index contributed by atoms with van der Waals surface area (Å²) in [6.07, 6.45) is -1.47. The monoisotopic (exact) mass is 358 g/mol. The Hall–Kier alpha value is -1.27. The van der Waals surface area contributed by atoms with Gasteiger partial charge in [0.25, 0.3) is 0 Å². The molecule has 1 saturated heterocycles. The van der Waals surface area contributed by atoms with E-state index < -0.39 is 17.0 Å². The molecule has 0 aromatic carbocycles. The van der Waals surface area contributed by atoms with Gasteiger partial charge in [0.1, 0.15) is 0 Å². The minimum Gasteiger partial charge on any atom is -0.323 e. The van der Waals surface area contributed by atoms with Crippen LogP contribution in [0.25, 0.3) is 0 Å². The van der Waals surface area contributed by atoms with Crippen molar-refractivity contribution in [2.45, 2.75) is 58.0 Å². The van der Waals surface area contributed by atoms with Crippen molar-refractivity contribution in [2.24, 2.45) is 22.7 Å². The normalized spacial score (nSPS) is 40.0. The van der Waals surface area contributed by atoms with Crippen LogP contribution in [-0.2, 0) is 9.59 Å². The van der Waals surface area contributed by atoms with E-state index in [1.807, 2.05) is 0 Å². The summed E-state index contributed by atoms with van der Waals surface area (Å²) in [7, 11) is 0. The standard InChI is InChI=1S/C18H25F3N2O2/c1-2-14(24)22-3-4-23(11-22)15(25)16-6-12-5-13(7-16)9-17(8-12,10-16)18(19,20)21/h12-13H,2-11H2,1H3. The summed E-state index contributed by atoms with van der Waals surface area (Å²) in [6.45, 7) is 2.95. The number of amides is 2. The Labute approximate surface area is 145 Å². The maximum absolute atomic E-state index is 13.8. The summed E-state index contributed by atoms with van der Waals surface area (Å²) >= 11 is 0. The van der Waals surface area contributed by atoms with Crippen LogP contribution in [0.1, 0.15) is 51.9 Å². The van der Waals surface area contributed by atoms with Gasteiger partial charge in [-0.15, -0.1) is 0 Å². The van der Waals surface area contributed by atoms with Gasteiger partial charge in [0.15, 0.2) is 0 Å². The molecule has 25 heavy (non-hydrogen) atoms. The van der Waals surface area contributed by atoms with Crippen molar-refractivity contribution < 1.29 is 22.8 Å². The molecule has 4 aliphatic carbocycles. The topological polar surface area (TPSA) is 40.6 Å². The molecular formula is C18H25F3N2O2. The van der Waals surface area contributed by atoms with Crippen LogP contribution in [0, 0.1) is 22.7 Å². The number of carbonyl (C=O) groups is 2. The zero-order valence-corrected chi connectivity index (χ0v) is 14.6. The average Bonchev–Trinajstić information content (AvgIpc) is 3.01. The zero-order chi connectivity index (χ0) is 18.0. The van der Waals surface area contributed by atoms with Crippen molar-refractivity contribution in [1.82, 2.24) is 9.80 Å². The molecule has 2 atom stereocenters. The molecule has 0 N–H and O–H groups in total. The third kappa shape index (κ3) is 2.48. The van der Waals surface area contributed by atoms with Crippen LogP contribution in [0.5, 0.6) is 0 Å². The zero-order valence-electron chi connectivity index (χ0n) is 14.6. The van der Waals surface area contributed by atoms with Crippen molar-refractivity contribution in [1.29, 1.82) is 0 Å². The van der Waals surface area contributed by atoms with Crippen molar-refractivity contribution in [3.63, 3.8) is 0 Å². The molecule has 2 amide bonds. The molecule has 1 aliphatic heterocycles. The molecule has 2 unspecified atom stereocenters. The number of nitrogens with zero attached hydrogens (tertiary/aromatic N) is 2. The fourth-order valence-corrected chi connectivity index (χ4v) is 6.36. The van der Waals surface area contributed by atoms with E-state index in [1.54, 1.807) is 16.7 Å². The van der Waals surface area contributed by atoms with Gasteiger partial charge in [-0.2, -0.15) is 13.2 Å². The highest BCUT2D eigenvalue weighted by Crippen LogP contribution is 2.69. The van der Waals surface area contributed by atoms with Crippen LogP contribution in [0.2, 0.25) is 0 Å². The Morgan fingerprint density at radius 1 is 1.04 bits per heavy atom. The number of rotatable bonds is 2. The van der Waals surface area contributed by atoms with Gasteiger partial charge in [-0.3, -0.25) is 9.59 Å². The second-order valence-electron chi connectivity index (χ2n) is 8.74. The molecule has 5 rings (SSSR count). The Kier molecular flexibility index (Phi) is 3.68. The van der Waals surface area contributed by atoms with Crippen LogP contribution in [-0.4, -0.2) is 47.5 Å². The highest BCUT2D eigenvalue weighted by Gasteiger charge is 2.69. The van der Waals surface area contributed by atoms with Gasteiger partial charge in [-0.25, -0.2) is 0 Å². The van der Waals surface area contributed by atoms with Crippen LogP contribution in [0.4, 0.5) is 13.2 Å². The smallest absolute Gasteiger partial charge is 0.323 e. The van der Waals surface area contributed by atoms with Crippen molar-refractivity contribution in [2.75, 3.05) is 19.8 Å². The lowest BCUT2D eigenvalue weighted by Crippen LogP contribution is -2.61. The highest BCUT2D eigenvalue weighted by atomic mass is 19.4. The van der Waals surface area contributed by atoms with Gasteiger partial charge in [-0.1, -0.05) is 6.92 Å². The molecule has 0 spiro atoms. The van der Waals surface area contributed by atoms with Gasteiger partial charge < -0.3 is 9.80 Å². The predicted octanol–water partition coefficient (Wildman–Crippen LogP) is 3.17. The molecule has 5 fully saturated rings. The number of halogens is 3. The summed E-state index contributed by atoms with van der Waals surface area (Å²) in [5.74, 6) is -0.111. The first-order chi connectivity index (χ1) is 11.7. The summed E-state index contributed by atoms with van der Waals surface area (Å²) in [5, 5.41) is 0. The molecule has 0 radical (unpaired) electrons.